The van der Waals surface area contributed by atoms with Crippen molar-refractivity contribution in [3.05, 3.63) is 41.6 Å². The van der Waals surface area contributed by atoms with Gasteiger partial charge in [0.15, 0.2) is 11.6 Å². The van der Waals surface area contributed by atoms with Gasteiger partial charge in [-0.3, -0.25) is 10.1 Å². The molecule has 0 spiro atoms. The van der Waals surface area contributed by atoms with E-state index in [0.717, 1.165) is 11.6 Å². The Balaban J connectivity index is 0.000000970. The van der Waals surface area contributed by atoms with Crippen LogP contribution in [0.5, 0.6) is 5.75 Å². The summed E-state index contributed by atoms with van der Waals surface area (Å²) in [4.78, 5) is 4.17. The molecule has 1 heterocycles. The summed E-state index contributed by atoms with van der Waals surface area (Å²) < 4.78 is 32.3. The zero-order chi connectivity index (χ0) is 18.8. The number of hydrogen-bond donors (Lipinski definition) is 1. The number of hydrogen-bond acceptors (Lipinski definition) is 3. The van der Waals surface area contributed by atoms with Crippen molar-refractivity contribution < 1.29 is 13.5 Å². The van der Waals surface area contributed by atoms with Crippen molar-refractivity contribution in [3.8, 4) is 29.4 Å². The molecule has 6 heteroatoms. The Labute approximate surface area is 146 Å². The van der Waals surface area contributed by atoms with E-state index in [0.29, 0.717) is 17.9 Å². The lowest BCUT2D eigenvalue weighted by atomic mass is 10.1. The number of allylic oxidation sites excluding steroid dienone is 1. The molecule has 0 fully saturated rings. The number of nitrogens with zero attached hydrogens (tertiary/aromatic N) is 2. The van der Waals surface area contributed by atoms with E-state index in [1.54, 1.807) is 19.2 Å². The van der Waals surface area contributed by atoms with Crippen LogP contribution in [0.4, 0.5) is 8.78 Å². The van der Waals surface area contributed by atoms with Crippen LogP contribution in [-0.2, 0) is 0 Å². The van der Waals surface area contributed by atoms with Gasteiger partial charge in [-0.2, -0.15) is 5.10 Å². The fraction of sp³-hybridized carbons (Fsp3) is 0.263. The molecule has 0 atom stereocenters. The Morgan fingerprint density at radius 3 is 2.60 bits per heavy atom. The summed E-state index contributed by atoms with van der Waals surface area (Å²) in [6.07, 6.45) is 8.21. The van der Waals surface area contributed by atoms with Crippen LogP contribution >= 0.6 is 0 Å². The topological polar surface area (TPSA) is 50.3 Å². The largest absolute Gasteiger partial charge is 0.493 e. The Bertz CT molecular complexity index is 801. The SMILES string of the molecule is C#CC.CC=NC/C(=C\C)c1cc(-c2cc(F)cc(F)c2OC)[nH]n1. The summed E-state index contributed by atoms with van der Waals surface area (Å²) in [5.74, 6) is 0.798. The highest BCUT2D eigenvalue weighted by molar-refractivity contribution is 5.73. The molecule has 0 aliphatic heterocycles. The molecular formula is C19H21F2N3O. The summed E-state index contributed by atoms with van der Waals surface area (Å²) in [6.45, 7) is 5.87. The minimum Gasteiger partial charge on any atom is -0.493 e. The normalized spacial score (nSPS) is 11.0. The number of ether oxygens (including phenoxy) is 1. The molecule has 0 aliphatic rings. The quantitative estimate of drug-likeness (QED) is 0.641. The number of aromatic nitrogens is 2. The molecule has 0 bridgehead atoms. The zero-order valence-corrected chi connectivity index (χ0v) is 14.7. The number of rotatable bonds is 5. The summed E-state index contributed by atoms with van der Waals surface area (Å²) in [5, 5.41) is 6.97. The predicted octanol–water partition coefficient (Wildman–Crippen LogP) is 4.50. The Morgan fingerprint density at radius 2 is 2.04 bits per heavy atom. The number of aliphatic imine (C=N–C) groups is 1. The fourth-order valence-electron chi connectivity index (χ4n) is 2.10. The molecule has 2 rings (SSSR count). The molecule has 25 heavy (non-hydrogen) atoms. The first-order chi connectivity index (χ1) is 12.0. The molecule has 4 nitrogen and oxygen atoms in total. The molecule has 1 aromatic heterocycles. The number of methoxy groups -OCH3 is 1. The second-order valence-corrected chi connectivity index (χ2v) is 4.84. The highest BCUT2D eigenvalue weighted by Gasteiger charge is 2.16. The maximum Gasteiger partial charge on any atom is 0.168 e. The maximum absolute atomic E-state index is 13.8. The molecule has 132 valence electrons. The number of terminal acetylenes is 1. The van der Waals surface area contributed by atoms with Crippen molar-refractivity contribution in [2.75, 3.05) is 13.7 Å². The van der Waals surface area contributed by atoms with Gasteiger partial charge in [0, 0.05) is 11.6 Å². The van der Waals surface area contributed by atoms with Gasteiger partial charge in [0.2, 0.25) is 0 Å². The summed E-state index contributed by atoms with van der Waals surface area (Å²) >= 11 is 0. The minimum absolute atomic E-state index is 0.0230. The van der Waals surface area contributed by atoms with Crippen LogP contribution in [0.25, 0.3) is 16.8 Å². The van der Waals surface area contributed by atoms with Gasteiger partial charge in [0.05, 0.1) is 25.0 Å². The Morgan fingerprint density at radius 1 is 1.36 bits per heavy atom. The number of benzene rings is 1. The second-order valence-electron chi connectivity index (χ2n) is 4.84. The van der Waals surface area contributed by atoms with E-state index < -0.39 is 11.6 Å². The third-order valence-corrected chi connectivity index (χ3v) is 3.20. The molecule has 0 saturated carbocycles. The zero-order valence-electron chi connectivity index (χ0n) is 14.7. The lowest BCUT2D eigenvalue weighted by Gasteiger charge is -2.07. The van der Waals surface area contributed by atoms with Crippen LogP contribution in [-0.4, -0.2) is 30.1 Å². The molecule has 0 aliphatic carbocycles. The number of aromatic amines is 1. The highest BCUT2D eigenvalue weighted by atomic mass is 19.1. The van der Waals surface area contributed by atoms with Gasteiger partial charge in [0.25, 0.3) is 0 Å². The average molecular weight is 345 g/mol. The minimum atomic E-state index is -0.754. The van der Waals surface area contributed by atoms with Gasteiger partial charge < -0.3 is 4.74 Å². The van der Waals surface area contributed by atoms with E-state index in [9.17, 15) is 8.78 Å². The number of halogens is 2. The number of nitrogens with one attached hydrogen (secondary N) is 1. The highest BCUT2D eigenvalue weighted by Crippen LogP contribution is 2.33. The summed E-state index contributed by atoms with van der Waals surface area (Å²) in [7, 11) is 1.34. The van der Waals surface area contributed by atoms with Crippen LogP contribution in [0.15, 0.2) is 29.3 Å². The maximum atomic E-state index is 13.8. The van der Waals surface area contributed by atoms with E-state index in [1.807, 2.05) is 19.9 Å². The lowest BCUT2D eigenvalue weighted by Crippen LogP contribution is -1.94. The van der Waals surface area contributed by atoms with Crippen molar-refractivity contribution >= 4 is 11.8 Å². The molecule has 2 aromatic rings. The first-order valence-corrected chi connectivity index (χ1v) is 7.58. The van der Waals surface area contributed by atoms with E-state index in [2.05, 4.69) is 27.5 Å². The molecule has 0 amide bonds. The third kappa shape index (κ3) is 5.28. The molecule has 1 N–H and O–H groups in total. The average Bonchev–Trinajstić information content (AvgIpc) is 3.05. The van der Waals surface area contributed by atoms with Gasteiger partial charge >= 0.3 is 0 Å². The van der Waals surface area contributed by atoms with Crippen molar-refractivity contribution in [3.63, 3.8) is 0 Å². The van der Waals surface area contributed by atoms with Gasteiger partial charge in [-0.25, -0.2) is 8.78 Å². The standard InChI is InChI=1S/C16H17F2N3O.C3H4/c1-4-10(9-19-5-2)14-8-15(21-20-14)12-6-11(17)7-13(18)16(12)22-3;1-3-2/h4-8H,9H2,1-3H3,(H,20,21);1H,2H3/b10-4+,19-5?;. The molecule has 1 aromatic carbocycles. The van der Waals surface area contributed by atoms with Gasteiger partial charge in [-0.1, -0.05) is 6.08 Å². The summed E-state index contributed by atoms with van der Waals surface area (Å²) in [5.41, 5.74) is 2.35. The van der Waals surface area contributed by atoms with E-state index >= 15 is 0 Å². The van der Waals surface area contributed by atoms with Gasteiger partial charge in [-0.05, 0) is 44.7 Å². The van der Waals surface area contributed by atoms with E-state index in [4.69, 9.17) is 4.74 Å². The van der Waals surface area contributed by atoms with Crippen LogP contribution < -0.4 is 4.74 Å². The van der Waals surface area contributed by atoms with Crippen molar-refractivity contribution in [2.24, 2.45) is 4.99 Å². The van der Waals surface area contributed by atoms with E-state index in [1.165, 1.54) is 13.2 Å². The van der Waals surface area contributed by atoms with Gasteiger partial charge in [0.1, 0.15) is 5.82 Å². The Hall–Kier alpha value is -2.94. The number of H-pyrrole nitrogens is 1. The molecule has 0 unspecified atom stereocenters. The first kappa shape index (κ1) is 20.1. The molecule has 0 saturated heterocycles. The van der Waals surface area contributed by atoms with Gasteiger partial charge in [-0.15, -0.1) is 12.3 Å². The van der Waals surface area contributed by atoms with Crippen LogP contribution in [0.2, 0.25) is 0 Å². The Kier molecular flexibility index (Phi) is 8.07. The molecule has 0 radical (unpaired) electrons. The third-order valence-electron chi connectivity index (χ3n) is 3.20. The molecular weight excluding hydrogens is 324 g/mol. The monoisotopic (exact) mass is 345 g/mol. The smallest absolute Gasteiger partial charge is 0.168 e. The fourth-order valence-corrected chi connectivity index (χ4v) is 2.10. The van der Waals surface area contributed by atoms with Crippen molar-refractivity contribution in [1.82, 2.24) is 10.2 Å². The van der Waals surface area contributed by atoms with Crippen LogP contribution in [0.3, 0.4) is 0 Å². The van der Waals surface area contributed by atoms with Crippen LogP contribution in [0.1, 0.15) is 26.5 Å². The van der Waals surface area contributed by atoms with Crippen molar-refractivity contribution in [1.29, 1.82) is 0 Å². The summed E-state index contributed by atoms with van der Waals surface area (Å²) in [6, 6.07) is 3.71. The lowest BCUT2D eigenvalue weighted by molar-refractivity contribution is 0.386. The first-order valence-electron chi connectivity index (χ1n) is 7.58. The van der Waals surface area contributed by atoms with Crippen molar-refractivity contribution in [2.45, 2.75) is 20.8 Å². The predicted molar refractivity (Wildman–Crippen MR) is 97.7 cm³/mol. The van der Waals surface area contributed by atoms with Crippen LogP contribution in [0, 0.1) is 24.0 Å². The van der Waals surface area contributed by atoms with E-state index in [-0.39, 0.29) is 11.3 Å². The second kappa shape index (κ2) is 10.0.